The third-order valence-corrected chi connectivity index (χ3v) is 6.68. The standard InChI is InChI=1S/C21H16Cl4N2O5/c1-3-10-6-4-5-7-11(10)26-12(28)8-32-21(31)9(2)27-19(29)13-14(20(27)30)16(23)18(25)17(24)15(13)22/h4-7,9H,3,8H2,1-2H3,(H,26,28)/t9-/m1/s1. The van der Waals surface area contributed by atoms with Crippen LogP contribution in [0.25, 0.3) is 0 Å². The maximum Gasteiger partial charge on any atom is 0.329 e. The lowest BCUT2D eigenvalue weighted by Crippen LogP contribution is -2.44. The fourth-order valence-corrected chi connectivity index (χ4v) is 4.23. The maximum absolute atomic E-state index is 12.8. The zero-order valence-electron chi connectivity index (χ0n) is 16.8. The Balaban J connectivity index is 1.72. The number of anilines is 1. The SMILES string of the molecule is CCc1ccccc1NC(=O)COC(=O)[C@@H](C)N1C(=O)c2c(Cl)c(Cl)c(Cl)c(Cl)c2C1=O. The molecule has 0 radical (unpaired) electrons. The number of hydrogen-bond donors (Lipinski definition) is 1. The molecule has 0 bridgehead atoms. The van der Waals surface area contributed by atoms with Crippen LogP contribution in [-0.2, 0) is 20.7 Å². The van der Waals surface area contributed by atoms with Crippen LogP contribution >= 0.6 is 46.4 Å². The molecule has 2 aromatic carbocycles. The van der Waals surface area contributed by atoms with E-state index in [0.29, 0.717) is 17.0 Å². The Hall–Kier alpha value is -2.32. The fourth-order valence-electron chi connectivity index (χ4n) is 3.22. The lowest BCUT2D eigenvalue weighted by atomic mass is 10.1. The van der Waals surface area contributed by atoms with Gasteiger partial charge in [-0.1, -0.05) is 71.5 Å². The van der Waals surface area contributed by atoms with Crippen LogP contribution in [0.5, 0.6) is 0 Å². The Morgan fingerprint density at radius 1 is 0.969 bits per heavy atom. The van der Waals surface area contributed by atoms with Crippen LogP contribution in [0.4, 0.5) is 5.69 Å². The molecular formula is C21H16Cl4N2O5. The molecule has 1 aliphatic rings. The van der Waals surface area contributed by atoms with Gasteiger partial charge in [-0.15, -0.1) is 0 Å². The van der Waals surface area contributed by atoms with Gasteiger partial charge in [-0.3, -0.25) is 19.3 Å². The average molecular weight is 518 g/mol. The van der Waals surface area contributed by atoms with E-state index in [1.165, 1.54) is 6.92 Å². The zero-order valence-corrected chi connectivity index (χ0v) is 19.8. The van der Waals surface area contributed by atoms with Gasteiger partial charge in [0.15, 0.2) is 6.61 Å². The Labute approximate surface area is 203 Å². The van der Waals surface area contributed by atoms with E-state index in [4.69, 9.17) is 51.1 Å². The van der Waals surface area contributed by atoms with Crippen molar-refractivity contribution in [3.63, 3.8) is 0 Å². The number of imide groups is 1. The van der Waals surface area contributed by atoms with Crippen LogP contribution < -0.4 is 5.32 Å². The van der Waals surface area contributed by atoms with Gasteiger partial charge in [0.05, 0.1) is 31.2 Å². The highest BCUT2D eigenvalue weighted by Crippen LogP contribution is 2.45. The molecule has 0 saturated carbocycles. The molecule has 0 aromatic heterocycles. The van der Waals surface area contributed by atoms with E-state index in [2.05, 4.69) is 5.32 Å². The highest BCUT2D eigenvalue weighted by Gasteiger charge is 2.45. The molecule has 168 valence electrons. The lowest BCUT2D eigenvalue weighted by Gasteiger charge is -2.21. The minimum absolute atomic E-state index is 0.181. The highest BCUT2D eigenvalue weighted by atomic mass is 35.5. The van der Waals surface area contributed by atoms with Gasteiger partial charge in [-0.05, 0) is 25.0 Å². The molecule has 32 heavy (non-hydrogen) atoms. The molecular weight excluding hydrogens is 502 g/mol. The number of hydrogen-bond acceptors (Lipinski definition) is 5. The summed E-state index contributed by atoms with van der Waals surface area (Å²) in [6.45, 7) is 2.61. The molecule has 0 spiro atoms. The minimum Gasteiger partial charge on any atom is -0.454 e. The average Bonchev–Trinajstić information content (AvgIpc) is 3.04. The van der Waals surface area contributed by atoms with Crippen molar-refractivity contribution in [1.29, 1.82) is 0 Å². The Morgan fingerprint density at radius 2 is 1.50 bits per heavy atom. The number of aryl methyl sites for hydroxylation is 1. The van der Waals surface area contributed by atoms with Crippen molar-refractivity contribution in [2.24, 2.45) is 0 Å². The van der Waals surface area contributed by atoms with Gasteiger partial charge in [-0.25, -0.2) is 4.79 Å². The van der Waals surface area contributed by atoms with E-state index >= 15 is 0 Å². The molecule has 2 aromatic rings. The predicted molar refractivity (Wildman–Crippen MR) is 122 cm³/mol. The van der Waals surface area contributed by atoms with E-state index in [1.807, 2.05) is 19.1 Å². The molecule has 1 heterocycles. The summed E-state index contributed by atoms with van der Waals surface area (Å²) in [5.41, 5.74) is 1.02. The molecule has 0 aliphatic carbocycles. The van der Waals surface area contributed by atoms with Crippen LogP contribution in [0.15, 0.2) is 24.3 Å². The van der Waals surface area contributed by atoms with E-state index in [1.54, 1.807) is 12.1 Å². The first-order valence-corrected chi connectivity index (χ1v) is 10.9. The molecule has 3 amide bonds. The van der Waals surface area contributed by atoms with Gasteiger partial charge in [0.25, 0.3) is 17.7 Å². The monoisotopic (exact) mass is 516 g/mol. The number of carbonyl (C=O) groups excluding carboxylic acids is 4. The van der Waals surface area contributed by atoms with E-state index in [-0.39, 0.29) is 31.2 Å². The first-order chi connectivity index (χ1) is 15.1. The number of nitrogens with one attached hydrogen (secondary N) is 1. The number of halogens is 4. The summed E-state index contributed by atoms with van der Waals surface area (Å²) < 4.78 is 5.01. The van der Waals surface area contributed by atoms with E-state index in [9.17, 15) is 19.2 Å². The Bertz CT molecular complexity index is 1100. The van der Waals surface area contributed by atoms with Crippen LogP contribution in [0.2, 0.25) is 20.1 Å². The van der Waals surface area contributed by atoms with Crippen molar-refractivity contribution in [2.45, 2.75) is 26.3 Å². The molecule has 1 N–H and O–H groups in total. The lowest BCUT2D eigenvalue weighted by molar-refractivity contribution is -0.150. The number of ether oxygens (including phenoxy) is 1. The molecule has 0 saturated heterocycles. The Kier molecular flexibility index (Phi) is 7.35. The van der Waals surface area contributed by atoms with Crippen LogP contribution in [-0.4, -0.2) is 41.2 Å². The van der Waals surface area contributed by atoms with Crippen molar-refractivity contribution in [1.82, 2.24) is 4.90 Å². The van der Waals surface area contributed by atoms with Gasteiger partial charge in [-0.2, -0.15) is 0 Å². The second-order valence-corrected chi connectivity index (χ2v) is 8.34. The molecule has 7 nitrogen and oxygen atoms in total. The zero-order chi connectivity index (χ0) is 23.7. The number of benzene rings is 2. The van der Waals surface area contributed by atoms with Gasteiger partial charge in [0, 0.05) is 5.69 Å². The second kappa shape index (κ2) is 9.67. The van der Waals surface area contributed by atoms with Gasteiger partial charge < -0.3 is 10.1 Å². The first-order valence-electron chi connectivity index (χ1n) is 9.38. The number of amides is 3. The fraction of sp³-hybridized carbons (Fsp3) is 0.238. The van der Waals surface area contributed by atoms with Crippen LogP contribution in [0.3, 0.4) is 0 Å². The first kappa shape index (κ1) is 24.3. The minimum atomic E-state index is -1.36. The molecule has 0 fully saturated rings. The van der Waals surface area contributed by atoms with Crippen molar-refractivity contribution < 1.29 is 23.9 Å². The smallest absolute Gasteiger partial charge is 0.329 e. The number of rotatable bonds is 6. The summed E-state index contributed by atoms with van der Waals surface area (Å²) in [6.07, 6.45) is 0.701. The maximum atomic E-state index is 12.8. The summed E-state index contributed by atoms with van der Waals surface area (Å²) >= 11 is 24.1. The number of nitrogens with zero attached hydrogens (tertiary/aromatic N) is 1. The third-order valence-electron chi connectivity index (χ3n) is 4.88. The van der Waals surface area contributed by atoms with E-state index in [0.717, 1.165) is 5.56 Å². The van der Waals surface area contributed by atoms with Crippen molar-refractivity contribution in [3.8, 4) is 0 Å². The number of fused-ring (bicyclic) bond motifs is 1. The predicted octanol–water partition coefficient (Wildman–Crippen LogP) is 5.03. The quantitative estimate of drug-likeness (QED) is 0.251. The van der Waals surface area contributed by atoms with Gasteiger partial charge in [0.1, 0.15) is 6.04 Å². The summed E-state index contributed by atoms with van der Waals surface area (Å²) in [5, 5.41) is 1.81. The highest BCUT2D eigenvalue weighted by molar-refractivity contribution is 6.55. The Morgan fingerprint density at radius 3 is 2.03 bits per heavy atom. The molecule has 1 aliphatic heterocycles. The normalized spacial score (nSPS) is 13.8. The molecule has 0 unspecified atom stereocenters. The second-order valence-electron chi connectivity index (χ2n) is 6.83. The summed E-state index contributed by atoms with van der Waals surface area (Å²) in [4.78, 5) is 51.0. The number of para-hydroxylation sites is 1. The summed E-state index contributed by atoms with van der Waals surface area (Å²) in [7, 11) is 0. The summed E-state index contributed by atoms with van der Waals surface area (Å²) in [5.74, 6) is -3.29. The van der Waals surface area contributed by atoms with Crippen molar-refractivity contribution in [2.75, 3.05) is 11.9 Å². The van der Waals surface area contributed by atoms with Gasteiger partial charge >= 0.3 is 5.97 Å². The molecule has 1 atom stereocenters. The molecule has 3 rings (SSSR count). The third kappa shape index (κ3) is 4.30. The molecule has 11 heteroatoms. The largest absolute Gasteiger partial charge is 0.454 e. The number of esters is 1. The van der Waals surface area contributed by atoms with E-state index < -0.39 is 36.3 Å². The van der Waals surface area contributed by atoms with Crippen molar-refractivity contribution >= 4 is 75.8 Å². The topological polar surface area (TPSA) is 92.8 Å². The van der Waals surface area contributed by atoms with Crippen LogP contribution in [0.1, 0.15) is 40.1 Å². The number of carbonyl (C=O) groups is 4. The van der Waals surface area contributed by atoms with Crippen molar-refractivity contribution in [3.05, 3.63) is 61.0 Å². The van der Waals surface area contributed by atoms with Crippen LogP contribution in [0, 0.1) is 0 Å². The van der Waals surface area contributed by atoms with Gasteiger partial charge in [0.2, 0.25) is 0 Å². The summed E-state index contributed by atoms with van der Waals surface area (Å²) in [6, 6.07) is 5.84.